The minimum Gasteiger partial charge on any atom is -0.305 e. The van der Waals surface area contributed by atoms with Crippen LogP contribution in [0.3, 0.4) is 0 Å². The third kappa shape index (κ3) is 6.69. The van der Waals surface area contributed by atoms with Crippen LogP contribution in [-0.2, 0) is 11.0 Å². The van der Waals surface area contributed by atoms with Crippen LogP contribution in [0.4, 0.5) is 14.5 Å². The molecule has 1 rings (SSSR count). The normalized spacial score (nSPS) is 12.0. The van der Waals surface area contributed by atoms with Crippen molar-refractivity contribution in [1.29, 1.82) is 0 Å². The van der Waals surface area contributed by atoms with Crippen LogP contribution >= 0.6 is 0 Å². The highest BCUT2D eigenvalue weighted by atomic mass is 32.2. The Morgan fingerprint density at radius 1 is 1.17 bits per heavy atom. The Hall–Kier alpha value is -0.970. The van der Waals surface area contributed by atoms with Gasteiger partial charge >= 0.3 is 0 Å². The molecule has 18 heavy (non-hydrogen) atoms. The summed E-state index contributed by atoms with van der Waals surface area (Å²) in [5.41, 5.74) is 1.76. The molecule has 0 spiro atoms. The maximum Gasteiger partial charge on any atom is 0.251 e. The van der Waals surface area contributed by atoms with E-state index in [0.717, 1.165) is 5.56 Å². The van der Waals surface area contributed by atoms with Crippen molar-refractivity contribution in [2.45, 2.75) is 40.0 Å². The highest BCUT2D eigenvalue weighted by Crippen LogP contribution is 2.17. The Morgan fingerprint density at radius 3 is 2.06 bits per heavy atom. The largest absolute Gasteiger partial charge is 0.305 e. The smallest absolute Gasteiger partial charge is 0.251 e. The summed E-state index contributed by atoms with van der Waals surface area (Å²) >= 11 is 0. The molecule has 0 aliphatic heterocycles. The lowest BCUT2D eigenvalue weighted by Crippen LogP contribution is -2.14. The molecule has 0 aliphatic carbocycles. The van der Waals surface area contributed by atoms with Crippen molar-refractivity contribution in [3.8, 4) is 0 Å². The number of hydrogen-bond donors (Lipinski definition) is 1. The molecule has 1 aromatic rings. The number of nitrogens with one attached hydrogen (secondary N) is 1. The first-order valence-electron chi connectivity index (χ1n) is 6.02. The molecule has 1 N–H and O–H groups in total. The number of anilines is 1. The summed E-state index contributed by atoms with van der Waals surface area (Å²) < 4.78 is 37.5. The summed E-state index contributed by atoms with van der Waals surface area (Å²) in [6.45, 7) is 8.13. The van der Waals surface area contributed by atoms with Gasteiger partial charge in [0.2, 0.25) is 0 Å². The topological polar surface area (TPSA) is 29.1 Å². The van der Waals surface area contributed by atoms with Crippen molar-refractivity contribution in [1.82, 2.24) is 0 Å². The van der Waals surface area contributed by atoms with Crippen molar-refractivity contribution in [3.63, 3.8) is 0 Å². The summed E-state index contributed by atoms with van der Waals surface area (Å²) in [5.74, 6) is -0.230. The summed E-state index contributed by atoms with van der Waals surface area (Å²) in [7, 11) is -1.72. The molecule has 104 valence electrons. The zero-order valence-electron chi connectivity index (χ0n) is 11.2. The zero-order valence-corrected chi connectivity index (χ0v) is 12.1. The van der Waals surface area contributed by atoms with Crippen molar-refractivity contribution in [2.24, 2.45) is 0 Å². The van der Waals surface area contributed by atoms with Gasteiger partial charge in [-0.05, 0) is 23.6 Å². The molecular formula is C13H21F2NOS. The Morgan fingerprint density at radius 2 is 1.67 bits per heavy atom. The van der Waals surface area contributed by atoms with Crippen LogP contribution in [-0.4, -0.2) is 16.4 Å². The van der Waals surface area contributed by atoms with Gasteiger partial charge in [0.05, 0.1) is 0 Å². The summed E-state index contributed by atoms with van der Waals surface area (Å²) in [5, 5.41) is 0. The molecule has 0 bridgehead atoms. The first kappa shape index (κ1) is 17.0. The van der Waals surface area contributed by atoms with Crippen LogP contribution in [0, 0.1) is 0 Å². The number of halogens is 2. The Kier molecular flexibility index (Phi) is 8.54. The van der Waals surface area contributed by atoms with E-state index in [4.69, 9.17) is 0 Å². The Labute approximate surface area is 110 Å². The maximum atomic E-state index is 11.9. The van der Waals surface area contributed by atoms with Gasteiger partial charge < -0.3 is 4.72 Å². The zero-order chi connectivity index (χ0) is 14.1. The third-order valence-electron chi connectivity index (χ3n) is 2.09. The first-order chi connectivity index (χ1) is 8.49. The van der Waals surface area contributed by atoms with E-state index >= 15 is 0 Å². The summed E-state index contributed by atoms with van der Waals surface area (Å²) in [4.78, 5) is 0. The van der Waals surface area contributed by atoms with Gasteiger partial charge in [0, 0.05) is 5.69 Å². The lowest BCUT2D eigenvalue weighted by Gasteiger charge is -2.08. The van der Waals surface area contributed by atoms with E-state index in [-0.39, 0.29) is 0 Å². The second-order valence-corrected chi connectivity index (χ2v) is 5.01. The first-order valence-corrected chi connectivity index (χ1v) is 7.34. The molecule has 0 heterocycles. The molecule has 0 aromatic heterocycles. The number of alkyl halides is 2. The van der Waals surface area contributed by atoms with Crippen LogP contribution in [0.1, 0.15) is 39.2 Å². The molecule has 1 atom stereocenters. The van der Waals surface area contributed by atoms with E-state index in [2.05, 4.69) is 18.6 Å². The lowest BCUT2D eigenvalue weighted by molar-refractivity contribution is 0.175. The molecule has 1 aromatic carbocycles. The van der Waals surface area contributed by atoms with Gasteiger partial charge in [0.1, 0.15) is 16.7 Å². The van der Waals surface area contributed by atoms with Crippen molar-refractivity contribution in [2.75, 3.05) is 10.5 Å². The maximum absolute atomic E-state index is 11.9. The molecule has 5 heteroatoms. The average molecular weight is 277 g/mol. The van der Waals surface area contributed by atoms with Crippen molar-refractivity contribution in [3.05, 3.63) is 29.8 Å². The van der Waals surface area contributed by atoms with Gasteiger partial charge in [0.25, 0.3) is 6.43 Å². The van der Waals surface area contributed by atoms with Crippen LogP contribution < -0.4 is 4.72 Å². The molecule has 0 aliphatic rings. The van der Waals surface area contributed by atoms with Crippen LogP contribution in [0.15, 0.2) is 24.3 Å². The third-order valence-corrected chi connectivity index (χ3v) is 3.10. The molecule has 1 unspecified atom stereocenters. The van der Waals surface area contributed by atoms with E-state index in [9.17, 15) is 13.0 Å². The highest BCUT2D eigenvalue weighted by molar-refractivity contribution is 7.86. The van der Waals surface area contributed by atoms with Gasteiger partial charge in [-0.15, -0.1) is 0 Å². The number of hydrogen-bond acceptors (Lipinski definition) is 1. The second kappa shape index (κ2) is 9.03. The monoisotopic (exact) mass is 277 g/mol. The predicted molar refractivity (Wildman–Crippen MR) is 74.5 cm³/mol. The fourth-order valence-corrected chi connectivity index (χ4v) is 1.93. The minimum atomic E-state index is -2.55. The van der Waals surface area contributed by atoms with E-state index in [1.54, 1.807) is 12.1 Å². The van der Waals surface area contributed by atoms with E-state index < -0.39 is 23.2 Å². The van der Waals surface area contributed by atoms with Crippen LogP contribution in [0.2, 0.25) is 0 Å². The predicted octanol–water partition coefficient (Wildman–Crippen LogP) is 4.18. The molecule has 0 saturated carbocycles. The highest BCUT2D eigenvalue weighted by Gasteiger charge is 2.09. The molecule has 0 fully saturated rings. The molecule has 0 radical (unpaired) electrons. The standard InChI is InChI=1S/C11H15F2NOS.C2H6/c1-8(2)9-3-5-10(6-4-9)14-16(15)7-11(12)13;1-2/h3-6,8,11,14H,7H2,1-2H3;1-2H3. The van der Waals surface area contributed by atoms with Gasteiger partial charge in [0.15, 0.2) is 0 Å². The van der Waals surface area contributed by atoms with E-state index in [0.29, 0.717) is 11.6 Å². The lowest BCUT2D eigenvalue weighted by atomic mass is 10.0. The fourth-order valence-electron chi connectivity index (χ4n) is 1.22. The minimum absolute atomic E-state index is 0.417. The Balaban J connectivity index is 0.00000137. The SMILES string of the molecule is CC.CC(C)c1ccc(NS(=O)CC(F)F)cc1. The average Bonchev–Trinajstić information content (AvgIpc) is 2.31. The van der Waals surface area contributed by atoms with Gasteiger partial charge in [-0.1, -0.05) is 39.8 Å². The summed E-state index contributed by atoms with van der Waals surface area (Å²) in [6.07, 6.45) is -2.55. The van der Waals surface area contributed by atoms with Crippen molar-refractivity contribution >= 4 is 16.7 Å². The van der Waals surface area contributed by atoms with Gasteiger partial charge in [-0.25, -0.2) is 13.0 Å². The van der Waals surface area contributed by atoms with E-state index in [1.165, 1.54) is 0 Å². The number of rotatable bonds is 5. The molecule has 2 nitrogen and oxygen atoms in total. The molecule has 0 saturated heterocycles. The molecule has 0 amide bonds. The number of benzene rings is 1. The van der Waals surface area contributed by atoms with Gasteiger partial charge in [-0.3, -0.25) is 0 Å². The quantitative estimate of drug-likeness (QED) is 0.859. The van der Waals surface area contributed by atoms with Crippen LogP contribution in [0.25, 0.3) is 0 Å². The Bertz CT molecular complexity index is 353. The molecular weight excluding hydrogens is 256 g/mol. The summed E-state index contributed by atoms with van der Waals surface area (Å²) in [6, 6.07) is 7.29. The van der Waals surface area contributed by atoms with E-state index in [1.807, 2.05) is 26.0 Å². The van der Waals surface area contributed by atoms with Gasteiger partial charge in [-0.2, -0.15) is 0 Å². The van der Waals surface area contributed by atoms with Crippen LogP contribution in [0.5, 0.6) is 0 Å². The van der Waals surface area contributed by atoms with Crippen molar-refractivity contribution < 1.29 is 13.0 Å². The second-order valence-electron chi connectivity index (χ2n) is 3.78. The fraction of sp³-hybridized carbons (Fsp3) is 0.538.